The number of ketones is 1. The first-order valence-electron chi connectivity index (χ1n) is 11.5. The van der Waals surface area contributed by atoms with Crippen molar-refractivity contribution in [1.82, 2.24) is 0 Å². The van der Waals surface area contributed by atoms with Crippen molar-refractivity contribution in [1.29, 1.82) is 0 Å². The molecule has 1 aliphatic rings. The van der Waals surface area contributed by atoms with Gasteiger partial charge >= 0.3 is 0 Å². The molecule has 5 nitrogen and oxygen atoms in total. The van der Waals surface area contributed by atoms with Gasteiger partial charge in [0.25, 0.3) is 11.7 Å². The quantitative estimate of drug-likeness (QED) is 0.212. The fraction of sp³-hybridized carbons (Fsp3) is 0.133. The van der Waals surface area contributed by atoms with Crippen molar-refractivity contribution < 1.29 is 19.8 Å². The normalized spacial score (nSPS) is 17.5. The number of carbonyl (C=O) groups excluding carboxylic acids is 2. The first kappa shape index (κ1) is 22.4. The van der Waals surface area contributed by atoms with E-state index in [1.807, 2.05) is 54.6 Å². The number of Topliss-reactive ketones (excluding diaryl/α,β-unsaturated/α-hetero) is 1. The second-order valence-corrected chi connectivity index (χ2v) is 9.04. The highest BCUT2D eigenvalue weighted by molar-refractivity contribution is 6.51. The third-order valence-corrected chi connectivity index (χ3v) is 6.51. The molecule has 1 saturated heterocycles. The fourth-order valence-electron chi connectivity index (χ4n) is 4.71. The number of phenolic OH excluding ortho intramolecular Hbond substituents is 1. The summed E-state index contributed by atoms with van der Waals surface area (Å²) in [5.74, 6) is -1.41. The summed E-state index contributed by atoms with van der Waals surface area (Å²) in [7, 11) is 0. The number of aliphatic hydroxyl groups is 1. The predicted molar refractivity (Wildman–Crippen MR) is 137 cm³/mol. The molecule has 0 bridgehead atoms. The molecule has 35 heavy (non-hydrogen) atoms. The molecule has 1 atom stereocenters. The van der Waals surface area contributed by atoms with Gasteiger partial charge in [-0.25, -0.2) is 0 Å². The third kappa shape index (κ3) is 3.85. The Morgan fingerprint density at radius 2 is 1.54 bits per heavy atom. The van der Waals surface area contributed by atoms with Crippen LogP contribution in [-0.2, 0) is 9.59 Å². The van der Waals surface area contributed by atoms with Gasteiger partial charge in [0.15, 0.2) is 0 Å². The van der Waals surface area contributed by atoms with Gasteiger partial charge in [-0.15, -0.1) is 0 Å². The lowest BCUT2D eigenvalue weighted by molar-refractivity contribution is -0.132. The third-order valence-electron chi connectivity index (χ3n) is 6.51. The maximum Gasteiger partial charge on any atom is 0.300 e. The van der Waals surface area contributed by atoms with Crippen LogP contribution in [0.5, 0.6) is 5.75 Å². The highest BCUT2D eigenvalue weighted by Crippen LogP contribution is 2.43. The summed E-state index contributed by atoms with van der Waals surface area (Å²) < 4.78 is 0. The Labute approximate surface area is 203 Å². The lowest BCUT2D eigenvalue weighted by Crippen LogP contribution is -2.29. The van der Waals surface area contributed by atoms with Crippen LogP contribution >= 0.6 is 0 Å². The zero-order chi connectivity index (χ0) is 24.7. The van der Waals surface area contributed by atoms with Crippen molar-refractivity contribution in [3.05, 3.63) is 113 Å². The van der Waals surface area contributed by atoms with Crippen LogP contribution in [0, 0.1) is 0 Å². The van der Waals surface area contributed by atoms with Gasteiger partial charge in [-0.05, 0) is 52.1 Å². The maximum absolute atomic E-state index is 13.4. The Morgan fingerprint density at radius 3 is 2.26 bits per heavy atom. The molecular formula is C30H25NO4. The molecule has 5 heteroatoms. The van der Waals surface area contributed by atoms with Crippen molar-refractivity contribution in [2.75, 3.05) is 4.90 Å². The van der Waals surface area contributed by atoms with E-state index in [0.717, 1.165) is 16.3 Å². The zero-order valence-corrected chi connectivity index (χ0v) is 19.5. The Morgan fingerprint density at radius 1 is 0.857 bits per heavy atom. The number of amides is 1. The largest absolute Gasteiger partial charge is 0.508 e. The molecule has 1 fully saturated rings. The lowest BCUT2D eigenvalue weighted by Gasteiger charge is -2.26. The molecule has 0 aliphatic carbocycles. The van der Waals surface area contributed by atoms with Gasteiger partial charge in [0.1, 0.15) is 11.5 Å². The Hall–Kier alpha value is -4.38. The van der Waals surface area contributed by atoms with Gasteiger partial charge in [0.05, 0.1) is 11.6 Å². The van der Waals surface area contributed by atoms with Crippen LogP contribution in [0.1, 0.15) is 42.5 Å². The minimum atomic E-state index is -0.897. The Kier molecular flexibility index (Phi) is 5.61. The van der Waals surface area contributed by atoms with Crippen molar-refractivity contribution in [2.24, 2.45) is 0 Å². The van der Waals surface area contributed by atoms with E-state index in [1.165, 1.54) is 17.0 Å². The van der Waals surface area contributed by atoms with E-state index in [0.29, 0.717) is 22.7 Å². The minimum Gasteiger partial charge on any atom is -0.508 e. The topological polar surface area (TPSA) is 77.8 Å². The van der Waals surface area contributed by atoms with E-state index < -0.39 is 17.7 Å². The number of carbonyl (C=O) groups is 2. The van der Waals surface area contributed by atoms with Gasteiger partial charge in [0.2, 0.25) is 0 Å². The summed E-state index contributed by atoms with van der Waals surface area (Å²) in [5, 5.41) is 23.4. The average molecular weight is 464 g/mol. The molecule has 1 aliphatic heterocycles. The van der Waals surface area contributed by atoms with Crippen LogP contribution in [0.2, 0.25) is 0 Å². The molecule has 0 saturated carbocycles. The monoisotopic (exact) mass is 463 g/mol. The number of nitrogens with zero attached hydrogens (tertiary/aromatic N) is 1. The molecule has 174 valence electrons. The molecule has 4 aromatic rings. The zero-order valence-electron chi connectivity index (χ0n) is 19.5. The van der Waals surface area contributed by atoms with Crippen molar-refractivity contribution in [2.45, 2.75) is 25.8 Å². The van der Waals surface area contributed by atoms with Gasteiger partial charge in [-0.1, -0.05) is 80.6 Å². The summed E-state index contributed by atoms with van der Waals surface area (Å²) in [4.78, 5) is 28.2. The van der Waals surface area contributed by atoms with E-state index in [2.05, 4.69) is 13.8 Å². The number of aliphatic hydroxyl groups excluding tert-OH is 1. The first-order chi connectivity index (χ1) is 16.9. The molecule has 1 amide bonds. The molecule has 0 radical (unpaired) electrons. The molecule has 2 N–H and O–H groups in total. The number of hydrogen-bond donors (Lipinski definition) is 2. The van der Waals surface area contributed by atoms with Crippen LogP contribution in [-0.4, -0.2) is 21.9 Å². The standard InChI is InChI=1S/C30H25NO4/c1-18(2)19-13-15-22(16-14-19)31-27(21-9-5-10-23(32)17-21)26(29(34)30(31)35)28(33)25-12-6-8-20-7-3-4-11-24(20)25/h3-18,27,32-33H,1-2H3/b28-26-. The highest BCUT2D eigenvalue weighted by atomic mass is 16.3. The van der Waals surface area contributed by atoms with Crippen LogP contribution in [0.3, 0.4) is 0 Å². The molecule has 5 rings (SSSR count). The molecule has 1 heterocycles. The SMILES string of the molecule is CC(C)c1ccc(N2C(=O)C(=O)/C(=C(\O)c3cccc4ccccc34)C2c2cccc(O)c2)cc1. The molecule has 0 aromatic heterocycles. The number of anilines is 1. The number of benzene rings is 4. The second-order valence-electron chi connectivity index (χ2n) is 9.04. The molecule has 4 aromatic carbocycles. The molecule has 0 spiro atoms. The Balaban J connectivity index is 1.75. The minimum absolute atomic E-state index is 0.00778. The smallest absolute Gasteiger partial charge is 0.300 e. The number of fused-ring (bicyclic) bond motifs is 1. The number of aromatic hydroxyl groups is 1. The van der Waals surface area contributed by atoms with E-state index in [-0.39, 0.29) is 17.1 Å². The highest BCUT2D eigenvalue weighted by Gasteiger charge is 2.47. The molecular weight excluding hydrogens is 438 g/mol. The maximum atomic E-state index is 13.4. The Bertz CT molecular complexity index is 1480. The van der Waals surface area contributed by atoms with Crippen LogP contribution in [0.15, 0.2) is 96.6 Å². The predicted octanol–water partition coefficient (Wildman–Crippen LogP) is 6.30. The van der Waals surface area contributed by atoms with Crippen LogP contribution < -0.4 is 4.90 Å². The lowest BCUT2D eigenvalue weighted by atomic mass is 9.93. The van der Waals surface area contributed by atoms with Crippen molar-refractivity contribution in [3.63, 3.8) is 0 Å². The average Bonchev–Trinajstić information content (AvgIpc) is 3.13. The van der Waals surface area contributed by atoms with Gasteiger partial charge in [-0.3, -0.25) is 14.5 Å². The number of rotatable bonds is 4. The van der Waals surface area contributed by atoms with Gasteiger partial charge in [-0.2, -0.15) is 0 Å². The number of phenols is 1. The van der Waals surface area contributed by atoms with Crippen LogP contribution in [0.4, 0.5) is 5.69 Å². The van der Waals surface area contributed by atoms with Crippen LogP contribution in [0.25, 0.3) is 16.5 Å². The van der Waals surface area contributed by atoms with E-state index in [4.69, 9.17) is 0 Å². The summed E-state index contributed by atoms with van der Waals surface area (Å²) in [6.45, 7) is 4.16. The summed E-state index contributed by atoms with van der Waals surface area (Å²) in [6.07, 6.45) is 0. The summed E-state index contributed by atoms with van der Waals surface area (Å²) in [5.41, 5.74) is 2.64. The van der Waals surface area contributed by atoms with Gasteiger partial charge < -0.3 is 10.2 Å². The summed E-state index contributed by atoms with van der Waals surface area (Å²) >= 11 is 0. The second kappa shape index (κ2) is 8.76. The van der Waals surface area contributed by atoms with E-state index in [9.17, 15) is 19.8 Å². The van der Waals surface area contributed by atoms with E-state index in [1.54, 1.807) is 24.3 Å². The fourth-order valence-corrected chi connectivity index (χ4v) is 4.71. The van der Waals surface area contributed by atoms with Gasteiger partial charge in [0, 0.05) is 11.3 Å². The first-order valence-corrected chi connectivity index (χ1v) is 11.5. The van der Waals surface area contributed by atoms with E-state index >= 15 is 0 Å². The number of hydrogen-bond acceptors (Lipinski definition) is 4. The molecule has 1 unspecified atom stereocenters. The van der Waals surface area contributed by atoms with Crippen molar-refractivity contribution in [3.8, 4) is 5.75 Å². The van der Waals surface area contributed by atoms with Crippen molar-refractivity contribution >= 4 is 33.9 Å². The summed E-state index contributed by atoms with van der Waals surface area (Å²) in [6, 6.07) is 26.1.